The molecule has 0 aromatic heterocycles. The van der Waals surface area contributed by atoms with Crippen LogP contribution in [0.2, 0.25) is 0 Å². The van der Waals surface area contributed by atoms with Gasteiger partial charge in [-0.3, -0.25) is 0 Å². The summed E-state index contributed by atoms with van der Waals surface area (Å²) in [6.45, 7) is 2.35. The van der Waals surface area contributed by atoms with Crippen molar-refractivity contribution in [3.8, 4) is 0 Å². The summed E-state index contributed by atoms with van der Waals surface area (Å²) in [6.07, 6.45) is 0. The minimum Gasteiger partial charge on any atom is -0.423 e. The second-order valence-corrected chi connectivity index (χ2v) is 2.98. The summed E-state index contributed by atoms with van der Waals surface area (Å²) >= 11 is 0. The summed E-state index contributed by atoms with van der Waals surface area (Å²) in [5, 5.41) is 23.0. The number of benzene rings is 1. The summed E-state index contributed by atoms with van der Waals surface area (Å²) in [5.41, 5.74) is 0.857. The smallest absolute Gasteiger partial charge is 0.423 e. The van der Waals surface area contributed by atoms with Gasteiger partial charge in [0.2, 0.25) is 0 Å². The third-order valence-corrected chi connectivity index (χ3v) is 1.78. The van der Waals surface area contributed by atoms with Crippen LogP contribution in [0.25, 0.3) is 0 Å². The predicted molar refractivity (Wildman–Crippen MR) is 59.0 cm³/mol. The van der Waals surface area contributed by atoms with Crippen LogP contribution in [-0.4, -0.2) is 29.7 Å². The molecule has 0 fully saturated rings. The van der Waals surface area contributed by atoms with Crippen molar-refractivity contribution in [1.82, 2.24) is 5.32 Å². The molecule has 0 aliphatic rings. The summed E-state index contributed by atoms with van der Waals surface area (Å²) in [6, 6.07) is 6.05. The molecular weight excluding hydrogens is 195 g/mol. The van der Waals surface area contributed by atoms with E-state index in [0.29, 0.717) is 17.7 Å². The Kier molecular flexibility index (Phi) is 4.14. The quantitative estimate of drug-likeness (QED) is 0.506. The molecule has 0 heterocycles. The molecule has 0 saturated heterocycles. The molecule has 80 valence electrons. The van der Waals surface area contributed by atoms with Crippen LogP contribution >= 0.6 is 0 Å². The highest BCUT2D eigenvalue weighted by Gasteiger charge is 2.11. The van der Waals surface area contributed by atoms with Crippen LogP contribution in [0.15, 0.2) is 24.3 Å². The molecule has 4 N–H and O–H groups in total. The lowest BCUT2D eigenvalue weighted by molar-refractivity contribution is 0.252. The second kappa shape index (κ2) is 5.38. The molecule has 0 radical (unpaired) electrons. The largest absolute Gasteiger partial charge is 0.488 e. The average Bonchev–Trinajstić information content (AvgIpc) is 2.18. The molecule has 1 aromatic rings. The summed E-state index contributed by atoms with van der Waals surface area (Å²) in [5.74, 6) is 0. The fourth-order valence-corrected chi connectivity index (χ4v) is 1.11. The number of anilines is 1. The molecule has 15 heavy (non-hydrogen) atoms. The predicted octanol–water partition coefficient (Wildman–Crippen LogP) is -0.492. The van der Waals surface area contributed by atoms with E-state index < -0.39 is 7.12 Å². The molecule has 0 bridgehead atoms. The summed E-state index contributed by atoms with van der Waals surface area (Å²) in [7, 11) is -1.53. The molecule has 0 aliphatic heterocycles. The highest BCUT2D eigenvalue weighted by Crippen LogP contribution is 2.03. The Morgan fingerprint density at radius 1 is 1.47 bits per heavy atom. The molecule has 0 spiro atoms. The number of carbonyl (C=O) groups is 1. The first-order valence-electron chi connectivity index (χ1n) is 4.64. The zero-order valence-electron chi connectivity index (χ0n) is 8.40. The van der Waals surface area contributed by atoms with E-state index in [2.05, 4.69) is 10.6 Å². The number of rotatable bonds is 3. The van der Waals surface area contributed by atoms with Crippen molar-refractivity contribution in [2.45, 2.75) is 6.92 Å². The average molecular weight is 208 g/mol. The topological polar surface area (TPSA) is 81.6 Å². The molecule has 1 rings (SSSR count). The van der Waals surface area contributed by atoms with Crippen molar-refractivity contribution in [2.75, 3.05) is 11.9 Å². The van der Waals surface area contributed by atoms with Crippen LogP contribution < -0.4 is 16.1 Å². The van der Waals surface area contributed by atoms with E-state index in [9.17, 15) is 4.79 Å². The van der Waals surface area contributed by atoms with Gasteiger partial charge in [0.05, 0.1) is 0 Å². The molecule has 2 amide bonds. The lowest BCUT2D eigenvalue weighted by Crippen LogP contribution is -2.31. The van der Waals surface area contributed by atoms with Crippen LogP contribution in [0.3, 0.4) is 0 Å². The van der Waals surface area contributed by atoms with Gasteiger partial charge in [-0.15, -0.1) is 0 Å². The van der Waals surface area contributed by atoms with Gasteiger partial charge in [0.15, 0.2) is 0 Å². The molecule has 0 unspecified atom stereocenters. The Bertz CT molecular complexity index is 344. The molecule has 0 aliphatic carbocycles. The fourth-order valence-electron chi connectivity index (χ4n) is 1.11. The van der Waals surface area contributed by atoms with Crippen molar-refractivity contribution in [2.24, 2.45) is 0 Å². The maximum Gasteiger partial charge on any atom is 0.488 e. The molecular formula is C9H13BN2O3. The van der Waals surface area contributed by atoms with Crippen molar-refractivity contribution in [3.05, 3.63) is 24.3 Å². The Morgan fingerprint density at radius 3 is 2.80 bits per heavy atom. The highest BCUT2D eigenvalue weighted by atomic mass is 16.4. The van der Waals surface area contributed by atoms with E-state index >= 15 is 0 Å². The number of nitrogens with one attached hydrogen (secondary N) is 2. The molecule has 5 nitrogen and oxygen atoms in total. The number of urea groups is 1. The van der Waals surface area contributed by atoms with Crippen LogP contribution in [-0.2, 0) is 0 Å². The Balaban J connectivity index is 2.69. The van der Waals surface area contributed by atoms with Gasteiger partial charge >= 0.3 is 13.1 Å². The van der Waals surface area contributed by atoms with Gasteiger partial charge in [-0.1, -0.05) is 12.1 Å². The normalized spacial score (nSPS) is 9.53. The maximum absolute atomic E-state index is 11.1. The van der Waals surface area contributed by atoms with Gasteiger partial charge in [0.1, 0.15) is 0 Å². The van der Waals surface area contributed by atoms with Crippen LogP contribution in [0.1, 0.15) is 6.92 Å². The minimum atomic E-state index is -1.53. The lowest BCUT2D eigenvalue weighted by atomic mass is 9.80. The second-order valence-electron chi connectivity index (χ2n) is 2.98. The van der Waals surface area contributed by atoms with Crippen LogP contribution in [0.4, 0.5) is 10.5 Å². The van der Waals surface area contributed by atoms with Crippen molar-refractivity contribution in [1.29, 1.82) is 0 Å². The van der Waals surface area contributed by atoms with Crippen molar-refractivity contribution < 1.29 is 14.8 Å². The van der Waals surface area contributed by atoms with Crippen LogP contribution in [0, 0.1) is 0 Å². The minimum absolute atomic E-state index is 0.318. The summed E-state index contributed by atoms with van der Waals surface area (Å²) in [4.78, 5) is 11.1. The molecule has 0 saturated carbocycles. The molecule has 6 heteroatoms. The Labute approximate surface area is 88.3 Å². The Morgan fingerprint density at radius 2 is 2.20 bits per heavy atom. The third-order valence-electron chi connectivity index (χ3n) is 1.78. The van der Waals surface area contributed by atoms with Gasteiger partial charge in [0.25, 0.3) is 0 Å². The van der Waals surface area contributed by atoms with Gasteiger partial charge in [-0.25, -0.2) is 4.79 Å². The maximum atomic E-state index is 11.1. The fraction of sp³-hybridized carbons (Fsp3) is 0.222. The lowest BCUT2D eigenvalue weighted by Gasteiger charge is -2.07. The first-order valence-corrected chi connectivity index (χ1v) is 4.64. The summed E-state index contributed by atoms with van der Waals surface area (Å²) < 4.78 is 0. The van der Waals surface area contributed by atoms with E-state index in [4.69, 9.17) is 10.0 Å². The number of carbonyl (C=O) groups excluding carboxylic acids is 1. The zero-order chi connectivity index (χ0) is 11.3. The number of hydrogen-bond donors (Lipinski definition) is 4. The van der Waals surface area contributed by atoms with Gasteiger partial charge < -0.3 is 20.7 Å². The SMILES string of the molecule is CCNC(=O)Nc1cccc(B(O)O)c1. The van der Waals surface area contributed by atoms with Crippen molar-refractivity contribution in [3.63, 3.8) is 0 Å². The first-order chi connectivity index (χ1) is 7.13. The Hall–Kier alpha value is -1.53. The van der Waals surface area contributed by atoms with Crippen LogP contribution in [0.5, 0.6) is 0 Å². The van der Waals surface area contributed by atoms with Gasteiger partial charge in [-0.2, -0.15) is 0 Å². The first kappa shape index (κ1) is 11.5. The standard InChI is InChI=1S/C9H13BN2O3/c1-2-11-9(13)12-8-5-3-4-7(6-8)10(14)15/h3-6,14-15H,2H2,1H3,(H2,11,12,13). The highest BCUT2D eigenvalue weighted by molar-refractivity contribution is 6.58. The van der Waals surface area contributed by atoms with Gasteiger partial charge in [0, 0.05) is 12.2 Å². The van der Waals surface area contributed by atoms with E-state index in [1.165, 1.54) is 6.07 Å². The third kappa shape index (κ3) is 3.61. The monoisotopic (exact) mass is 208 g/mol. The zero-order valence-corrected chi connectivity index (χ0v) is 8.40. The van der Waals surface area contributed by atoms with E-state index in [0.717, 1.165) is 0 Å². The van der Waals surface area contributed by atoms with E-state index in [1.54, 1.807) is 18.2 Å². The van der Waals surface area contributed by atoms with E-state index in [-0.39, 0.29) is 6.03 Å². The van der Waals surface area contributed by atoms with Crippen molar-refractivity contribution >= 4 is 24.3 Å². The molecule has 1 aromatic carbocycles. The number of hydrogen-bond acceptors (Lipinski definition) is 3. The van der Waals surface area contributed by atoms with E-state index in [1.807, 2.05) is 6.92 Å². The number of amides is 2. The van der Waals surface area contributed by atoms with Gasteiger partial charge in [-0.05, 0) is 24.5 Å². The molecule has 0 atom stereocenters.